The van der Waals surface area contributed by atoms with Crippen molar-refractivity contribution in [3.8, 4) is 5.82 Å². The van der Waals surface area contributed by atoms with Crippen LogP contribution in [0.25, 0.3) is 16.9 Å². The molecule has 0 spiro atoms. The molecule has 3 heterocycles. The summed E-state index contributed by atoms with van der Waals surface area (Å²) >= 11 is 0. The molecule has 3 aromatic heterocycles. The van der Waals surface area contributed by atoms with Crippen molar-refractivity contribution < 1.29 is 0 Å². The lowest BCUT2D eigenvalue weighted by molar-refractivity contribution is 0.659. The average Bonchev–Trinajstić information content (AvgIpc) is 3.11. The van der Waals surface area contributed by atoms with Gasteiger partial charge in [-0.2, -0.15) is 5.10 Å². The fourth-order valence-corrected chi connectivity index (χ4v) is 2.75. The normalized spacial score (nSPS) is 11.1. The zero-order valence-corrected chi connectivity index (χ0v) is 12.3. The number of fused-ring (bicyclic) bond motifs is 1. The van der Waals surface area contributed by atoms with E-state index in [1.165, 1.54) is 5.56 Å². The van der Waals surface area contributed by atoms with Crippen molar-refractivity contribution in [2.45, 2.75) is 13.5 Å². The van der Waals surface area contributed by atoms with Crippen LogP contribution in [0.2, 0.25) is 0 Å². The van der Waals surface area contributed by atoms with Crippen LogP contribution < -0.4 is 0 Å². The summed E-state index contributed by atoms with van der Waals surface area (Å²) in [5, 5.41) is 5.77. The highest BCUT2D eigenvalue weighted by atomic mass is 15.3. The van der Waals surface area contributed by atoms with Crippen LogP contribution in [0.5, 0.6) is 0 Å². The van der Waals surface area contributed by atoms with Gasteiger partial charge in [0.25, 0.3) is 0 Å². The largest absolute Gasteiger partial charge is 0.286 e. The second-order valence-electron chi connectivity index (χ2n) is 5.39. The molecule has 22 heavy (non-hydrogen) atoms. The number of hydrogen-bond donors (Lipinski definition) is 0. The Balaban J connectivity index is 1.82. The van der Waals surface area contributed by atoms with E-state index in [9.17, 15) is 0 Å². The van der Waals surface area contributed by atoms with Crippen molar-refractivity contribution in [3.05, 3.63) is 78.2 Å². The van der Waals surface area contributed by atoms with Crippen molar-refractivity contribution in [3.63, 3.8) is 0 Å². The first-order valence-electron chi connectivity index (χ1n) is 7.32. The molecule has 0 fully saturated rings. The number of nitrogens with zero attached hydrogens (tertiary/aromatic N) is 4. The minimum atomic E-state index is 0.747. The van der Waals surface area contributed by atoms with Gasteiger partial charge in [0.2, 0.25) is 0 Å². The number of aryl methyl sites for hydroxylation is 1. The number of pyridine rings is 1. The minimum Gasteiger partial charge on any atom is -0.286 e. The molecule has 0 saturated heterocycles. The van der Waals surface area contributed by atoms with Gasteiger partial charge in [0.1, 0.15) is 11.5 Å². The highest BCUT2D eigenvalue weighted by Crippen LogP contribution is 2.20. The van der Waals surface area contributed by atoms with E-state index in [4.69, 9.17) is 0 Å². The molecule has 108 valence electrons. The van der Waals surface area contributed by atoms with Gasteiger partial charge in [-0.25, -0.2) is 9.67 Å². The predicted molar refractivity (Wildman–Crippen MR) is 87.1 cm³/mol. The average molecular weight is 288 g/mol. The maximum absolute atomic E-state index is 4.64. The quantitative estimate of drug-likeness (QED) is 0.577. The molecule has 0 N–H and O–H groups in total. The van der Waals surface area contributed by atoms with Gasteiger partial charge in [-0.05, 0) is 30.7 Å². The molecule has 1 aromatic carbocycles. The Morgan fingerprint density at radius 3 is 2.73 bits per heavy atom. The third-order valence-corrected chi connectivity index (χ3v) is 3.75. The molecule has 0 saturated carbocycles. The summed E-state index contributed by atoms with van der Waals surface area (Å²) in [5.41, 5.74) is 3.19. The fourth-order valence-electron chi connectivity index (χ4n) is 2.75. The summed E-state index contributed by atoms with van der Waals surface area (Å²) in [7, 11) is 0. The van der Waals surface area contributed by atoms with E-state index in [-0.39, 0.29) is 0 Å². The first kappa shape index (κ1) is 12.8. The number of benzene rings is 1. The molecule has 4 heteroatoms. The predicted octanol–water partition coefficient (Wildman–Crippen LogP) is 3.58. The van der Waals surface area contributed by atoms with Gasteiger partial charge in [-0.15, -0.1) is 0 Å². The third-order valence-electron chi connectivity index (χ3n) is 3.75. The van der Waals surface area contributed by atoms with Crippen molar-refractivity contribution in [1.82, 2.24) is 19.3 Å². The maximum Gasteiger partial charge on any atom is 0.145 e. The van der Waals surface area contributed by atoms with Crippen LogP contribution in [0.15, 0.2) is 67.0 Å². The number of rotatable bonds is 3. The van der Waals surface area contributed by atoms with E-state index >= 15 is 0 Å². The lowest BCUT2D eigenvalue weighted by Crippen LogP contribution is -2.08. The molecular formula is C18H16N4. The van der Waals surface area contributed by atoms with Gasteiger partial charge in [0.15, 0.2) is 0 Å². The van der Waals surface area contributed by atoms with Crippen LogP contribution in [-0.4, -0.2) is 19.3 Å². The second-order valence-corrected chi connectivity index (χ2v) is 5.39. The van der Waals surface area contributed by atoms with Gasteiger partial charge in [-0.3, -0.25) is 4.57 Å². The summed E-state index contributed by atoms with van der Waals surface area (Å²) in [5.74, 6) is 1.04. The van der Waals surface area contributed by atoms with E-state index in [0.29, 0.717) is 0 Å². The molecule has 0 bridgehead atoms. The van der Waals surface area contributed by atoms with E-state index in [1.54, 1.807) is 0 Å². The Bertz CT molecular complexity index is 919. The summed E-state index contributed by atoms with van der Waals surface area (Å²) < 4.78 is 4.12. The molecule has 0 aliphatic carbocycles. The van der Waals surface area contributed by atoms with E-state index < -0.39 is 0 Å². The Morgan fingerprint density at radius 2 is 1.86 bits per heavy atom. The number of aromatic nitrogens is 4. The summed E-state index contributed by atoms with van der Waals surface area (Å²) in [6.45, 7) is 2.76. The van der Waals surface area contributed by atoms with Crippen LogP contribution in [0.3, 0.4) is 0 Å². The Morgan fingerprint density at radius 1 is 1.00 bits per heavy atom. The van der Waals surface area contributed by atoms with Crippen molar-refractivity contribution in [2.24, 2.45) is 0 Å². The smallest absolute Gasteiger partial charge is 0.145 e. The van der Waals surface area contributed by atoms with E-state index in [0.717, 1.165) is 29.1 Å². The van der Waals surface area contributed by atoms with E-state index in [1.807, 2.05) is 29.9 Å². The Hall–Kier alpha value is -2.88. The fraction of sp³-hybridized carbons (Fsp3) is 0.111. The molecule has 0 atom stereocenters. The van der Waals surface area contributed by atoms with Gasteiger partial charge in [0, 0.05) is 23.8 Å². The molecule has 0 aliphatic heterocycles. The lowest BCUT2D eigenvalue weighted by atomic mass is 10.2. The summed E-state index contributed by atoms with van der Waals surface area (Å²) in [6.07, 6.45) is 3.87. The summed E-state index contributed by atoms with van der Waals surface area (Å²) in [4.78, 5) is 4.50. The topological polar surface area (TPSA) is 35.6 Å². The standard InChI is InChI=1S/C18H16N4/c1-14-12-17(21-11-9-16-8-5-10-19-18(16)21)22(20-14)13-15-6-3-2-4-7-15/h2-12H,13H2,1H3. The summed E-state index contributed by atoms with van der Waals surface area (Å²) in [6, 6.07) is 18.6. The lowest BCUT2D eigenvalue weighted by Gasteiger charge is -2.09. The Labute approximate surface area is 128 Å². The maximum atomic E-state index is 4.64. The van der Waals surface area contributed by atoms with Crippen LogP contribution >= 0.6 is 0 Å². The highest BCUT2D eigenvalue weighted by Gasteiger charge is 2.11. The third kappa shape index (κ3) is 2.19. The zero-order valence-electron chi connectivity index (χ0n) is 12.3. The molecule has 0 amide bonds. The Kier molecular flexibility index (Phi) is 3.00. The van der Waals surface area contributed by atoms with Gasteiger partial charge in [-0.1, -0.05) is 30.3 Å². The SMILES string of the molecule is Cc1cc(-n2ccc3cccnc32)n(Cc2ccccc2)n1. The minimum absolute atomic E-state index is 0.747. The zero-order chi connectivity index (χ0) is 14.9. The van der Waals surface area contributed by atoms with Crippen molar-refractivity contribution in [2.75, 3.05) is 0 Å². The molecule has 0 aliphatic rings. The van der Waals surface area contributed by atoms with Crippen LogP contribution in [0, 0.1) is 6.92 Å². The monoisotopic (exact) mass is 288 g/mol. The first-order chi connectivity index (χ1) is 10.8. The molecule has 0 unspecified atom stereocenters. The van der Waals surface area contributed by atoms with Gasteiger partial charge < -0.3 is 0 Å². The van der Waals surface area contributed by atoms with Crippen LogP contribution in [0.4, 0.5) is 0 Å². The molecule has 4 aromatic rings. The van der Waals surface area contributed by atoms with E-state index in [2.05, 4.69) is 63.3 Å². The molecular weight excluding hydrogens is 272 g/mol. The van der Waals surface area contributed by atoms with Crippen LogP contribution in [0.1, 0.15) is 11.3 Å². The van der Waals surface area contributed by atoms with Crippen molar-refractivity contribution in [1.29, 1.82) is 0 Å². The van der Waals surface area contributed by atoms with Gasteiger partial charge in [0.05, 0.1) is 12.2 Å². The highest BCUT2D eigenvalue weighted by molar-refractivity contribution is 5.77. The molecule has 4 nitrogen and oxygen atoms in total. The first-order valence-corrected chi connectivity index (χ1v) is 7.32. The van der Waals surface area contributed by atoms with Crippen LogP contribution in [-0.2, 0) is 6.54 Å². The molecule has 4 rings (SSSR count). The van der Waals surface area contributed by atoms with Crippen molar-refractivity contribution >= 4 is 11.0 Å². The van der Waals surface area contributed by atoms with Gasteiger partial charge >= 0.3 is 0 Å². The number of hydrogen-bond acceptors (Lipinski definition) is 2. The second kappa shape index (κ2) is 5.15. The molecule has 0 radical (unpaired) electrons.